The van der Waals surface area contributed by atoms with Gasteiger partial charge in [-0.1, -0.05) is 0 Å². The molecule has 1 atom stereocenters. The molecule has 84 valence electrons. The first-order valence-corrected chi connectivity index (χ1v) is 5.48. The summed E-state index contributed by atoms with van der Waals surface area (Å²) in [4.78, 5) is 0. The third-order valence-corrected chi connectivity index (χ3v) is 2.53. The molecule has 0 aromatic carbocycles. The van der Waals surface area contributed by atoms with Crippen molar-refractivity contribution in [1.29, 1.82) is 0 Å². The summed E-state index contributed by atoms with van der Waals surface area (Å²) >= 11 is 0. The van der Waals surface area contributed by atoms with Crippen LogP contribution in [0.1, 0.15) is 37.1 Å². The first kappa shape index (κ1) is 10.6. The van der Waals surface area contributed by atoms with Crippen LogP contribution < -0.4 is 5.32 Å². The summed E-state index contributed by atoms with van der Waals surface area (Å²) in [6, 6.07) is 0. The molecule has 15 heavy (non-hydrogen) atoms. The van der Waals surface area contributed by atoms with E-state index in [4.69, 9.17) is 9.15 Å². The second-order valence-electron chi connectivity index (χ2n) is 3.74. The maximum absolute atomic E-state index is 5.57. The van der Waals surface area contributed by atoms with Crippen molar-refractivity contribution in [2.45, 2.75) is 31.8 Å². The number of nitrogens with zero attached hydrogens (tertiary/aromatic N) is 2. The van der Waals surface area contributed by atoms with Crippen molar-refractivity contribution in [3.8, 4) is 0 Å². The van der Waals surface area contributed by atoms with Crippen molar-refractivity contribution >= 4 is 0 Å². The molecule has 1 aliphatic heterocycles. The Morgan fingerprint density at radius 1 is 1.40 bits per heavy atom. The molecule has 0 aliphatic carbocycles. The van der Waals surface area contributed by atoms with Gasteiger partial charge in [0.15, 0.2) is 0 Å². The van der Waals surface area contributed by atoms with Crippen LogP contribution in [-0.4, -0.2) is 30.4 Å². The van der Waals surface area contributed by atoms with Gasteiger partial charge in [-0.25, -0.2) is 0 Å². The minimum atomic E-state index is 0.0228. The molecule has 1 N–H and O–H groups in total. The molecule has 1 unspecified atom stereocenters. The highest BCUT2D eigenvalue weighted by Gasteiger charge is 2.21. The summed E-state index contributed by atoms with van der Waals surface area (Å²) in [7, 11) is 1.90. The molecule has 1 fully saturated rings. The van der Waals surface area contributed by atoms with Gasteiger partial charge in [-0.3, -0.25) is 0 Å². The van der Waals surface area contributed by atoms with Gasteiger partial charge < -0.3 is 14.5 Å². The Labute approximate surface area is 89.2 Å². The molecule has 2 rings (SSSR count). The van der Waals surface area contributed by atoms with Crippen molar-refractivity contribution in [3.05, 3.63) is 11.8 Å². The Morgan fingerprint density at radius 2 is 2.33 bits per heavy atom. The molecule has 0 bridgehead atoms. The number of nitrogens with one attached hydrogen (secondary N) is 1. The average Bonchev–Trinajstić information content (AvgIpc) is 2.76. The third-order valence-electron chi connectivity index (χ3n) is 2.53. The molecule has 1 aromatic rings. The quantitative estimate of drug-likeness (QED) is 0.807. The molecular formula is C10H17N3O2. The lowest BCUT2D eigenvalue weighted by molar-refractivity contribution is -0.00209. The summed E-state index contributed by atoms with van der Waals surface area (Å²) < 4.78 is 11.1. The van der Waals surface area contributed by atoms with Gasteiger partial charge in [0.2, 0.25) is 11.8 Å². The summed E-state index contributed by atoms with van der Waals surface area (Å²) in [5, 5.41) is 11.1. The predicted octanol–water partition coefficient (Wildman–Crippen LogP) is 1.07. The van der Waals surface area contributed by atoms with E-state index in [1.807, 2.05) is 7.05 Å². The van der Waals surface area contributed by atoms with Crippen molar-refractivity contribution in [1.82, 2.24) is 15.5 Å². The fraction of sp³-hybridized carbons (Fsp3) is 0.800. The van der Waals surface area contributed by atoms with E-state index in [9.17, 15) is 0 Å². The minimum Gasteiger partial charge on any atom is -0.422 e. The van der Waals surface area contributed by atoms with Crippen LogP contribution >= 0.6 is 0 Å². The van der Waals surface area contributed by atoms with Crippen LogP contribution in [0, 0.1) is 0 Å². The van der Waals surface area contributed by atoms with Crippen LogP contribution in [0.3, 0.4) is 0 Å². The smallest absolute Gasteiger partial charge is 0.245 e. The van der Waals surface area contributed by atoms with E-state index in [-0.39, 0.29) is 6.10 Å². The number of likely N-dealkylation sites (N-methyl/N-ethyl adjacent to an activating group) is 1. The largest absolute Gasteiger partial charge is 0.422 e. The first-order valence-electron chi connectivity index (χ1n) is 5.48. The SMILES string of the molecule is CNCCc1nnc(C2CCCCO2)o1. The monoisotopic (exact) mass is 211 g/mol. The van der Waals surface area contributed by atoms with Gasteiger partial charge in [-0.15, -0.1) is 10.2 Å². The number of rotatable bonds is 4. The van der Waals surface area contributed by atoms with E-state index in [0.29, 0.717) is 11.8 Å². The number of aromatic nitrogens is 2. The minimum absolute atomic E-state index is 0.0228. The Hall–Kier alpha value is -0.940. The van der Waals surface area contributed by atoms with Crippen LogP contribution in [0.5, 0.6) is 0 Å². The normalized spacial score (nSPS) is 21.8. The number of ether oxygens (including phenoxy) is 1. The van der Waals surface area contributed by atoms with Gasteiger partial charge in [0.25, 0.3) is 0 Å². The van der Waals surface area contributed by atoms with Crippen LogP contribution in [0.15, 0.2) is 4.42 Å². The fourth-order valence-electron chi connectivity index (χ4n) is 1.67. The molecular weight excluding hydrogens is 194 g/mol. The van der Waals surface area contributed by atoms with Crippen LogP contribution in [-0.2, 0) is 11.2 Å². The Bertz CT molecular complexity index is 295. The molecule has 0 spiro atoms. The van der Waals surface area contributed by atoms with Crippen molar-refractivity contribution in [3.63, 3.8) is 0 Å². The van der Waals surface area contributed by atoms with E-state index in [1.54, 1.807) is 0 Å². The van der Waals surface area contributed by atoms with E-state index < -0.39 is 0 Å². The predicted molar refractivity (Wildman–Crippen MR) is 54.5 cm³/mol. The molecule has 0 amide bonds. The summed E-state index contributed by atoms with van der Waals surface area (Å²) in [6.07, 6.45) is 4.11. The first-order chi connectivity index (χ1) is 7.40. The maximum Gasteiger partial charge on any atom is 0.245 e. The molecule has 1 aromatic heterocycles. The second kappa shape index (κ2) is 5.23. The van der Waals surface area contributed by atoms with Crippen molar-refractivity contribution in [2.75, 3.05) is 20.2 Å². The third kappa shape index (κ3) is 2.76. The van der Waals surface area contributed by atoms with Gasteiger partial charge in [-0.05, 0) is 26.3 Å². The van der Waals surface area contributed by atoms with E-state index in [0.717, 1.165) is 32.4 Å². The topological polar surface area (TPSA) is 60.2 Å². The zero-order chi connectivity index (χ0) is 10.5. The lowest BCUT2D eigenvalue weighted by Crippen LogP contribution is -2.11. The standard InChI is InChI=1S/C10H17N3O2/c1-11-6-5-9-12-13-10(15-9)8-4-2-3-7-14-8/h8,11H,2-7H2,1H3. The number of hydrogen-bond donors (Lipinski definition) is 1. The molecule has 5 heteroatoms. The summed E-state index contributed by atoms with van der Waals surface area (Å²) in [5.41, 5.74) is 0. The Morgan fingerprint density at radius 3 is 3.07 bits per heavy atom. The molecule has 0 saturated carbocycles. The number of hydrogen-bond acceptors (Lipinski definition) is 5. The zero-order valence-corrected chi connectivity index (χ0v) is 9.03. The van der Waals surface area contributed by atoms with Crippen LogP contribution in [0.25, 0.3) is 0 Å². The molecule has 1 aliphatic rings. The van der Waals surface area contributed by atoms with Gasteiger partial charge in [-0.2, -0.15) is 0 Å². The van der Waals surface area contributed by atoms with Gasteiger partial charge in [0, 0.05) is 19.6 Å². The highest BCUT2D eigenvalue weighted by Crippen LogP contribution is 2.26. The highest BCUT2D eigenvalue weighted by atomic mass is 16.5. The average molecular weight is 211 g/mol. The maximum atomic E-state index is 5.57. The van der Waals surface area contributed by atoms with Crippen LogP contribution in [0.4, 0.5) is 0 Å². The molecule has 0 radical (unpaired) electrons. The summed E-state index contributed by atoms with van der Waals surface area (Å²) in [6.45, 7) is 1.66. The van der Waals surface area contributed by atoms with Gasteiger partial charge in [0.05, 0.1) is 0 Å². The van der Waals surface area contributed by atoms with Crippen molar-refractivity contribution < 1.29 is 9.15 Å². The second-order valence-corrected chi connectivity index (χ2v) is 3.74. The van der Waals surface area contributed by atoms with Gasteiger partial charge in [0.1, 0.15) is 6.10 Å². The summed E-state index contributed by atoms with van der Waals surface area (Å²) in [5.74, 6) is 1.33. The van der Waals surface area contributed by atoms with E-state index in [1.165, 1.54) is 6.42 Å². The highest BCUT2D eigenvalue weighted by molar-refractivity contribution is 4.88. The Balaban J connectivity index is 1.93. The lowest BCUT2D eigenvalue weighted by Gasteiger charge is -2.18. The van der Waals surface area contributed by atoms with Crippen LogP contribution in [0.2, 0.25) is 0 Å². The van der Waals surface area contributed by atoms with Crippen molar-refractivity contribution in [2.24, 2.45) is 0 Å². The molecule has 5 nitrogen and oxygen atoms in total. The Kier molecular flexibility index (Phi) is 3.69. The van der Waals surface area contributed by atoms with E-state index in [2.05, 4.69) is 15.5 Å². The zero-order valence-electron chi connectivity index (χ0n) is 9.03. The molecule has 2 heterocycles. The van der Waals surface area contributed by atoms with E-state index >= 15 is 0 Å². The lowest BCUT2D eigenvalue weighted by atomic mass is 10.1. The fourth-order valence-corrected chi connectivity index (χ4v) is 1.67. The van der Waals surface area contributed by atoms with Gasteiger partial charge >= 0.3 is 0 Å². The molecule has 1 saturated heterocycles.